The van der Waals surface area contributed by atoms with Crippen LogP contribution in [0.2, 0.25) is 0 Å². The molecule has 3 aromatic rings. The van der Waals surface area contributed by atoms with E-state index in [1.165, 1.54) is 0 Å². The largest absolute Gasteiger partial charge is 0.495 e. The monoisotopic (exact) mass is 442 g/mol. The van der Waals surface area contributed by atoms with Crippen molar-refractivity contribution in [3.05, 3.63) is 75.7 Å². The van der Waals surface area contributed by atoms with Gasteiger partial charge in [0.1, 0.15) is 17.3 Å². The number of rotatable bonds is 5. The fourth-order valence-corrected chi connectivity index (χ4v) is 3.30. The van der Waals surface area contributed by atoms with E-state index in [-0.39, 0.29) is 11.8 Å². The van der Waals surface area contributed by atoms with Crippen molar-refractivity contribution in [1.82, 2.24) is 0 Å². The maximum absolute atomic E-state index is 12.5. The number of hydrogen-bond donors (Lipinski definition) is 2. The number of halogens is 1. The highest BCUT2D eigenvalue weighted by Crippen LogP contribution is 2.28. The number of furan rings is 1. The zero-order valence-corrected chi connectivity index (χ0v) is 17.2. The zero-order chi connectivity index (χ0) is 20.3. The average molecular weight is 443 g/mol. The Bertz CT molecular complexity index is 1030. The van der Waals surface area contributed by atoms with Gasteiger partial charge >= 0.3 is 0 Å². The third kappa shape index (κ3) is 4.09. The van der Waals surface area contributed by atoms with E-state index in [1.807, 2.05) is 12.1 Å². The summed E-state index contributed by atoms with van der Waals surface area (Å²) >= 11 is 3.37. The maximum Gasteiger partial charge on any atom is 0.260 e. The number of methoxy groups -OCH3 is 1. The summed E-state index contributed by atoms with van der Waals surface area (Å²) in [5.74, 6) is 1.20. The standard InChI is InChI=1S/C21H19BrN2O4/c1-12-18(19(22)13(2)28-12)21(26)23-15-10-8-14(9-11-15)20(25)24-16-6-4-5-7-17(16)27-3/h4-11H,1-3H3,(H,23,26)(H,24,25). The molecular formula is C21H19BrN2O4. The average Bonchev–Trinajstić information content (AvgIpc) is 2.94. The van der Waals surface area contributed by atoms with Crippen LogP contribution in [0.3, 0.4) is 0 Å². The Morgan fingerprint density at radius 2 is 1.61 bits per heavy atom. The van der Waals surface area contributed by atoms with Crippen molar-refractivity contribution in [3.63, 3.8) is 0 Å². The second-order valence-corrected chi connectivity index (χ2v) is 6.88. The lowest BCUT2D eigenvalue weighted by molar-refractivity contribution is 0.101. The predicted octanol–water partition coefficient (Wildman–Crippen LogP) is 5.17. The molecule has 2 aromatic carbocycles. The van der Waals surface area contributed by atoms with Gasteiger partial charge in [-0.2, -0.15) is 0 Å². The Balaban J connectivity index is 1.71. The van der Waals surface area contributed by atoms with Crippen molar-refractivity contribution in [2.45, 2.75) is 13.8 Å². The molecule has 0 fully saturated rings. The molecule has 1 heterocycles. The molecule has 6 nitrogen and oxygen atoms in total. The van der Waals surface area contributed by atoms with Crippen LogP contribution in [0, 0.1) is 13.8 Å². The van der Waals surface area contributed by atoms with Crippen LogP contribution in [-0.4, -0.2) is 18.9 Å². The van der Waals surface area contributed by atoms with Gasteiger partial charge in [0.2, 0.25) is 0 Å². The first-order chi connectivity index (χ1) is 13.4. The highest BCUT2D eigenvalue weighted by Gasteiger charge is 2.20. The molecule has 1 aromatic heterocycles. The number of hydrogen-bond acceptors (Lipinski definition) is 4. The normalized spacial score (nSPS) is 10.4. The van der Waals surface area contributed by atoms with Crippen molar-refractivity contribution in [3.8, 4) is 5.75 Å². The molecule has 3 rings (SSSR count). The predicted molar refractivity (Wildman–Crippen MR) is 111 cm³/mol. The summed E-state index contributed by atoms with van der Waals surface area (Å²) in [6, 6.07) is 13.8. The molecule has 0 radical (unpaired) electrons. The Morgan fingerprint density at radius 3 is 2.21 bits per heavy atom. The van der Waals surface area contributed by atoms with E-state index in [0.29, 0.717) is 44.2 Å². The number of aryl methyl sites for hydroxylation is 2. The van der Waals surface area contributed by atoms with Crippen molar-refractivity contribution in [2.24, 2.45) is 0 Å². The number of nitrogens with one attached hydrogen (secondary N) is 2. The van der Waals surface area contributed by atoms with Crippen LogP contribution in [0.4, 0.5) is 11.4 Å². The van der Waals surface area contributed by atoms with E-state index in [9.17, 15) is 9.59 Å². The topological polar surface area (TPSA) is 80.6 Å². The van der Waals surface area contributed by atoms with E-state index in [4.69, 9.17) is 9.15 Å². The van der Waals surface area contributed by atoms with Gasteiger partial charge in [-0.3, -0.25) is 9.59 Å². The van der Waals surface area contributed by atoms with Crippen molar-refractivity contribution < 1.29 is 18.7 Å². The molecule has 0 saturated heterocycles. The third-order valence-corrected chi connectivity index (χ3v) is 5.13. The van der Waals surface area contributed by atoms with Crippen molar-refractivity contribution in [2.75, 3.05) is 17.7 Å². The number of anilines is 2. The molecule has 28 heavy (non-hydrogen) atoms. The van der Waals surface area contributed by atoms with Crippen LogP contribution in [0.1, 0.15) is 32.2 Å². The van der Waals surface area contributed by atoms with Gasteiger partial charge in [-0.1, -0.05) is 12.1 Å². The lowest BCUT2D eigenvalue weighted by atomic mass is 10.1. The van der Waals surface area contributed by atoms with Crippen LogP contribution < -0.4 is 15.4 Å². The smallest absolute Gasteiger partial charge is 0.260 e. The van der Waals surface area contributed by atoms with E-state index in [1.54, 1.807) is 57.4 Å². The fourth-order valence-electron chi connectivity index (χ4n) is 2.76. The zero-order valence-electron chi connectivity index (χ0n) is 15.6. The van der Waals surface area contributed by atoms with E-state index in [2.05, 4.69) is 26.6 Å². The van der Waals surface area contributed by atoms with Crippen LogP contribution >= 0.6 is 15.9 Å². The number of benzene rings is 2. The first-order valence-electron chi connectivity index (χ1n) is 8.52. The van der Waals surface area contributed by atoms with Gasteiger partial charge < -0.3 is 19.8 Å². The summed E-state index contributed by atoms with van der Waals surface area (Å²) in [7, 11) is 1.55. The molecule has 7 heteroatoms. The summed E-state index contributed by atoms with van der Waals surface area (Å²) in [6.07, 6.45) is 0. The molecule has 0 bridgehead atoms. The number of carbonyl (C=O) groups excluding carboxylic acids is 2. The highest BCUT2D eigenvalue weighted by molar-refractivity contribution is 9.10. The maximum atomic E-state index is 12.5. The quantitative estimate of drug-likeness (QED) is 0.570. The minimum absolute atomic E-state index is 0.272. The summed E-state index contributed by atoms with van der Waals surface area (Å²) in [5.41, 5.74) is 2.07. The second-order valence-electron chi connectivity index (χ2n) is 6.09. The first kappa shape index (κ1) is 19.7. The van der Waals surface area contributed by atoms with Crippen LogP contribution in [0.15, 0.2) is 57.4 Å². The molecule has 0 atom stereocenters. The van der Waals surface area contributed by atoms with Crippen LogP contribution in [0.5, 0.6) is 5.75 Å². The van der Waals surface area contributed by atoms with Gasteiger partial charge in [-0.15, -0.1) is 0 Å². The molecule has 0 aliphatic rings. The summed E-state index contributed by atoms with van der Waals surface area (Å²) in [6.45, 7) is 3.51. The van der Waals surface area contributed by atoms with Gasteiger partial charge in [0.15, 0.2) is 0 Å². The van der Waals surface area contributed by atoms with E-state index >= 15 is 0 Å². The highest BCUT2D eigenvalue weighted by atomic mass is 79.9. The van der Waals surface area contributed by atoms with Gasteiger partial charge in [0.05, 0.1) is 22.8 Å². The molecule has 0 aliphatic heterocycles. The summed E-state index contributed by atoms with van der Waals surface area (Å²) in [5, 5.41) is 5.62. The molecule has 2 N–H and O–H groups in total. The van der Waals surface area contributed by atoms with Gasteiger partial charge in [-0.25, -0.2) is 0 Å². The van der Waals surface area contributed by atoms with Crippen LogP contribution in [0.25, 0.3) is 0 Å². The number of amides is 2. The number of para-hydroxylation sites is 2. The molecule has 0 spiro atoms. The molecule has 0 unspecified atom stereocenters. The number of ether oxygens (including phenoxy) is 1. The molecule has 2 amide bonds. The second kappa shape index (κ2) is 8.31. The molecule has 0 saturated carbocycles. The first-order valence-corrected chi connectivity index (χ1v) is 9.31. The third-order valence-electron chi connectivity index (χ3n) is 4.17. The van der Waals surface area contributed by atoms with Gasteiger partial charge in [0.25, 0.3) is 11.8 Å². The molecular weight excluding hydrogens is 424 g/mol. The van der Waals surface area contributed by atoms with Crippen molar-refractivity contribution in [1.29, 1.82) is 0 Å². The Morgan fingerprint density at radius 1 is 0.929 bits per heavy atom. The Kier molecular flexibility index (Phi) is 5.84. The van der Waals surface area contributed by atoms with E-state index < -0.39 is 0 Å². The van der Waals surface area contributed by atoms with Gasteiger partial charge in [0, 0.05) is 11.3 Å². The van der Waals surface area contributed by atoms with Crippen LogP contribution in [-0.2, 0) is 0 Å². The SMILES string of the molecule is COc1ccccc1NC(=O)c1ccc(NC(=O)c2c(C)oc(C)c2Br)cc1. The van der Waals surface area contributed by atoms with E-state index in [0.717, 1.165) is 0 Å². The molecule has 0 aliphatic carbocycles. The minimum atomic E-state index is -0.285. The Hall–Kier alpha value is -3.06. The Labute approximate surface area is 171 Å². The number of carbonyl (C=O) groups is 2. The fraction of sp³-hybridized carbons (Fsp3) is 0.143. The lowest BCUT2D eigenvalue weighted by Gasteiger charge is -2.10. The lowest BCUT2D eigenvalue weighted by Crippen LogP contribution is -2.14. The minimum Gasteiger partial charge on any atom is -0.495 e. The van der Waals surface area contributed by atoms with Gasteiger partial charge in [-0.05, 0) is 66.2 Å². The van der Waals surface area contributed by atoms with Crippen molar-refractivity contribution >= 4 is 39.1 Å². The molecule has 144 valence electrons. The summed E-state index contributed by atoms with van der Waals surface area (Å²) in [4.78, 5) is 25.0. The summed E-state index contributed by atoms with van der Waals surface area (Å²) < 4.78 is 11.3.